The van der Waals surface area contributed by atoms with Gasteiger partial charge in [0, 0.05) is 6.20 Å². The molecule has 0 spiro atoms. The molecule has 3 nitrogen and oxygen atoms in total. The van der Waals surface area contributed by atoms with Crippen LogP contribution in [0.3, 0.4) is 0 Å². The minimum Gasteiger partial charge on any atom is -0.249 e. The first-order chi connectivity index (χ1) is 4.34. The molecule has 50 valence electrons. The molecule has 4 heteroatoms. The third-order valence-corrected chi connectivity index (χ3v) is 0.966. The fourth-order valence-electron chi connectivity index (χ4n) is 0.538. The predicted molar refractivity (Wildman–Crippen MR) is 28.7 cm³/mol. The Kier molecular flexibility index (Phi) is 1.81. The van der Waals surface area contributed by atoms with E-state index in [0.29, 0.717) is 0 Å². The smallest absolute Gasteiger partial charge is 0.211 e. The molecule has 0 aliphatic carbocycles. The van der Waals surface area contributed by atoms with Crippen LogP contribution in [0.25, 0.3) is 0 Å². The number of hydrogen-bond acceptors (Lipinski definition) is 3. The van der Waals surface area contributed by atoms with Crippen LogP contribution >= 0.6 is 0 Å². The molecule has 0 saturated heterocycles. The molecule has 0 saturated carbocycles. The van der Waals surface area contributed by atoms with Crippen LogP contribution < -0.4 is 0 Å². The van der Waals surface area contributed by atoms with Crippen molar-refractivity contribution in [3.8, 4) is 0 Å². The van der Waals surface area contributed by atoms with Crippen molar-refractivity contribution < 1.29 is 14.6 Å². The van der Waals surface area contributed by atoms with Gasteiger partial charge < -0.3 is 0 Å². The number of halogens is 1. The molecule has 0 aromatic rings. The van der Waals surface area contributed by atoms with Crippen LogP contribution in [0.2, 0.25) is 0 Å². The standard InChI is InChI=1S/C5H6FNO2/c6-7-4-2-1-3-5(7)9-8/h1-5,8H. The highest BCUT2D eigenvalue weighted by atomic mass is 19.2. The third-order valence-electron chi connectivity index (χ3n) is 0.966. The summed E-state index contributed by atoms with van der Waals surface area (Å²) in [5, 5.41) is 8.24. The van der Waals surface area contributed by atoms with Crippen LogP contribution in [0.5, 0.6) is 0 Å². The largest absolute Gasteiger partial charge is 0.249 e. The first kappa shape index (κ1) is 6.25. The van der Waals surface area contributed by atoms with Gasteiger partial charge in [0.2, 0.25) is 6.23 Å². The van der Waals surface area contributed by atoms with Crippen LogP contribution in [-0.4, -0.2) is 16.6 Å². The molecule has 1 aliphatic heterocycles. The number of nitrogens with zero attached hydrogens (tertiary/aromatic N) is 1. The van der Waals surface area contributed by atoms with E-state index in [2.05, 4.69) is 4.89 Å². The molecule has 1 aliphatic rings. The summed E-state index contributed by atoms with van der Waals surface area (Å²) in [4.78, 5) is 3.72. The van der Waals surface area contributed by atoms with Crippen molar-refractivity contribution in [2.75, 3.05) is 0 Å². The van der Waals surface area contributed by atoms with Crippen LogP contribution in [-0.2, 0) is 4.89 Å². The predicted octanol–water partition coefficient (Wildman–Crippen LogP) is 1.07. The van der Waals surface area contributed by atoms with Gasteiger partial charge in [0.25, 0.3) is 0 Å². The van der Waals surface area contributed by atoms with Gasteiger partial charge in [0.05, 0.1) is 0 Å². The fraction of sp³-hybridized carbons (Fsp3) is 0.200. The summed E-state index contributed by atoms with van der Waals surface area (Å²) in [6.45, 7) is 0. The van der Waals surface area contributed by atoms with Crippen LogP contribution in [0, 0.1) is 0 Å². The molecule has 1 atom stereocenters. The lowest BCUT2D eigenvalue weighted by Crippen LogP contribution is -2.24. The van der Waals surface area contributed by atoms with E-state index in [-0.39, 0.29) is 5.12 Å². The van der Waals surface area contributed by atoms with Crippen LogP contribution in [0.1, 0.15) is 0 Å². The Morgan fingerprint density at radius 2 is 2.33 bits per heavy atom. The van der Waals surface area contributed by atoms with Gasteiger partial charge in [-0.15, -0.1) is 0 Å². The van der Waals surface area contributed by atoms with Gasteiger partial charge in [-0.1, -0.05) is 10.6 Å². The fourth-order valence-corrected chi connectivity index (χ4v) is 0.538. The molecule has 0 amide bonds. The first-order valence-electron chi connectivity index (χ1n) is 2.44. The summed E-state index contributed by atoms with van der Waals surface area (Å²) < 4.78 is 12.3. The van der Waals surface area contributed by atoms with Gasteiger partial charge in [0.1, 0.15) is 0 Å². The zero-order valence-corrected chi connectivity index (χ0v) is 4.57. The summed E-state index contributed by atoms with van der Waals surface area (Å²) in [7, 11) is 0. The second-order valence-corrected chi connectivity index (χ2v) is 1.57. The van der Waals surface area contributed by atoms with E-state index in [1.165, 1.54) is 12.2 Å². The summed E-state index contributed by atoms with van der Waals surface area (Å²) in [5.41, 5.74) is 0. The maximum atomic E-state index is 12.3. The lowest BCUT2D eigenvalue weighted by atomic mass is 10.4. The summed E-state index contributed by atoms with van der Waals surface area (Å²) in [5.74, 6) is 0. The molecule has 1 N–H and O–H groups in total. The first-order valence-corrected chi connectivity index (χ1v) is 2.44. The number of allylic oxidation sites excluding steroid dienone is 2. The summed E-state index contributed by atoms with van der Waals surface area (Å²) in [6, 6.07) is 0. The van der Waals surface area contributed by atoms with E-state index < -0.39 is 6.23 Å². The molecule has 9 heavy (non-hydrogen) atoms. The molecule has 1 rings (SSSR count). The Balaban J connectivity index is 2.55. The SMILES string of the molecule is OOC1C=CC=CN1F. The van der Waals surface area contributed by atoms with Gasteiger partial charge in [-0.05, 0) is 12.2 Å². The molecular weight excluding hydrogens is 125 g/mol. The van der Waals surface area contributed by atoms with Crippen molar-refractivity contribution in [3.05, 3.63) is 24.4 Å². The Morgan fingerprint density at radius 3 is 2.78 bits per heavy atom. The highest BCUT2D eigenvalue weighted by Gasteiger charge is 2.12. The lowest BCUT2D eigenvalue weighted by Gasteiger charge is -2.16. The zero-order chi connectivity index (χ0) is 6.69. The molecule has 0 aromatic carbocycles. The lowest BCUT2D eigenvalue weighted by molar-refractivity contribution is -0.314. The minimum absolute atomic E-state index is 0.250. The van der Waals surface area contributed by atoms with Gasteiger partial charge in [0.15, 0.2) is 0 Å². The Hall–Kier alpha value is -0.870. The monoisotopic (exact) mass is 131 g/mol. The van der Waals surface area contributed by atoms with Gasteiger partial charge in [-0.2, -0.15) is 5.12 Å². The molecule has 1 unspecified atom stereocenters. The van der Waals surface area contributed by atoms with Gasteiger partial charge in [-0.3, -0.25) is 0 Å². The maximum Gasteiger partial charge on any atom is 0.211 e. The normalized spacial score (nSPS) is 25.1. The average Bonchev–Trinajstić information content (AvgIpc) is 1.89. The van der Waals surface area contributed by atoms with E-state index in [9.17, 15) is 4.48 Å². The molecule has 1 heterocycles. The zero-order valence-electron chi connectivity index (χ0n) is 4.57. The second kappa shape index (κ2) is 2.61. The molecule has 0 aromatic heterocycles. The Morgan fingerprint density at radius 1 is 1.56 bits per heavy atom. The average molecular weight is 131 g/mol. The van der Waals surface area contributed by atoms with E-state index in [0.717, 1.165) is 6.20 Å². The highest BCUT2D eigenvalue weighted by Crippen LogP contribution is 2.07. The van der Waals surface area contributed by atoms with Gasteiger partial charge >= 0.3 is 0 Å². The van der Waals surface area contributed by atoms with Crippen molar-refractivity contribution in [1.29, 1.82) is 0 Å². The van der Waals surface area contributed by atoms with Crippen molar-refractivity contribution in [1.82, 2.24) is 5.12 Å². The molecule has 0 radical (unpaired) electrons. The third kappa shape index (κ3) is 1.28. The van der Waals surface area contributed by atoms with E-state index in [1.807, 2.05) is 0 Å². The van der Waals surface area contributed by atoms with E-state index >= 15 is 0 Å². The van der Waals surface area contributed by atoms with Crippen LogP contribution in [0.15, 0.2) is 24.4 Å². The quantitative estimate of drug-likeness (QED) is 0.328. The molecule has 0 fully saturated rings. The molecule has 0 bridgehead atoms. The summed E-state index contributed by atoms with van der Waals surface area (Å²) in [6.07, 6.45) is 4.61. The minimum atomic E-state index is -0.991. The summed E-state index contributed by atoms with van der Waals surface area (Å²) >= 11 is 0. The Labute approximate surface area is 51.5 Å². The van der Waals surface area contributed by atoms with Crippen molar-refractivity contribution in [3.63, 3.8) is 0 Å². The van der Waals surface area contributed by atoms with Crippen molar-refractivity contribution in [2.45, 2.75) is 6.23 Å². The van der Waals surface area contributed by atoms with Crippen LogP contribution in [0.4, 0.5) is 4.48 Å². The highest BCUT2D eigenvalue weighted by molar-refractivity contribution is 5.08. The second-order valence-electron chi connectivity index (χ2n) is 1.57. The molecular formula is C5H6FNO2. The maximum absolute atomic E-state index is 12.3. The van der Waals surface area contributed by atoms with E-state index in [4.69, 9.17) is 5.26 Å². The topological polar surface area (TPSA) is 32.7 Å². The Bertz CT molecular complexity index is 146. The van der Waals surface area contributed by atoms with E-state index in [1.54, 1.807) is 6.08 Å². The van der Waals surface area contributed by atoms with Gasteiger partial charge in [-0.25, -0.2) is 10.1 Å². The van der Waals surface area contributed by atoms with Crippen molar-refractivity contribution in [2.24, 2.45) is 0 Å². The number of hydrogen-bond donors (Lipinski definition) is 1. The number of rotatable bonds is 1. The van der Waals surface area contributed by atoms with Crippen molar-refractivity contribution >= 4 is 0 Å².